The molecular formula is C44H52N4O8Si. The highest BCUT2D eigenvalue weighted by molar-refractivity contribution is 6.74. The molecule has 3 aliphatic carbocycles. The largest absolute Gasteiger partial charge is 0.508 e. The average Bonchev–Trinajstić information content (AvgIpc) is 3.61. The first kappa shape index (κ1) is 39.0. The molecule has 2 aromatic heterocycles. The van der Waals surface area contributed by atoms with Gasteiger partial charge in [0, 0.05) is 44.2 Å². The molecule has 8 rings (SSSR count). The molecule has 4 aromatic rings. The van der Waals surface area contributed by atoms with Crippen LogP contribution in [0.2, 0.25) is 18.1 Å². The van der Waals surface area contributed by atoms with Crippen molar-refractivity contribution in [2.45, 2.75) is 76.6 Å². The number of fused-ring (bicyclic) bond motifs is 4. The lowest BCUT2D eigenvalue weighted by molar-refractivity contribution is -0.0749. The molecule has 1 fully saturated rings. The van der Waals surface area contributed by atoms with Crippen LogP contribution in [-0.4, -0.2) is 86.0 Å². The Morgan fingerprint density at radius 2 is 1.58 bits per heavy atom. The number of carbonyl (C=O) groups is 2. The molecule has 0 spiro atoms. The quantitative estimate of drug-likeness (QED) is 0.159. The number of aliphatic hydroxyl groups is 1. The number of aromatic nitrogens is 2. The summed E-state index contributed by atoms with van der Waals surface area (Å²) < 4.78 is 32.0. The molecule has 3 heterocycles. The predicted octanol–water partition coefficient (Wildman–Crippen LogP) is 7.51. The first-order valence-electron chi connectivity index (χ1n) is 19.8. The van der Waals surface area contributed by atoms with Crippen molar-refractivity contribution in [3.8, 4) is 11.6 Å². The Hall–Kier alpha value is -4.82. The van der Waals surface area contributed by atoms with E-state index >= 15 is 9.59 Å². The van der Waals surface area contributed by atoms with E-state index in [1.54, 1.807) is 6.20 Å². The van der Waals surface area contributed by atoms with Crippen LogP contribution in [0.1, 0.15) is 76.4 Å². The zero-order valence-electron chi connectivity index (χ0n) is 33.8. The number of allylic oxidation sites excluding steroid dienone is 1. The van der Waals surface area contributed by atoms with Crippen LogP contribution in [-0.2, 0) is 28.8 Å². The van der Waals surface area contributed by atoms with E-state index in [0.29, 0.717) is 62.0 Å². The lowest BCUT2D eigenvalue weighted by Gasteiger charge is -2.56. The topological polar surface area (TPSA) is 137 Å². The number of Topliss-reactive ketones (excluding diaryl/α,β-unsaturated/α-hetero) is 2. The summed E-state index contributed by atoms with van der Waals surface area (Å²) in [6, 6.07) is 18.8. The van der Waals surface area contributed by atoms with Crippen molar-refractivity contribution in [2.75, 3.05) is 45.3 Å². The molecule has 1 N–H and O–H groups in total. The summed E-state index contributed by atoms with van der Waals surface area (Å²) in [5.74, 6) is -0.942. The zero-order valence-corrected chi connectivity index (χ0v) is 34.8. The van der Waals surface area contributed by atoms with Gasteiger partial charge in [-0.2, -0.15) is 0 Å². The average molecular weight is 793 g/mol. The standard InChI is InChI=1S/C44H52N4O8Si/c1-43(2,3)57(6,7)56-44-31(36(48-18-20-52-21-19-48)38-35(40(44)51)42(46-55-38)54-26-28-16-12-9-13-17-28)23-29-22-30-34(37(49)33(29)39(44)50)32(24-45-41(30)47(4)5)53-25-27-14-10-8-11-15-27/h8-17,24,29,31,36,50H,18-23,25-26H2,1-7H3/t29-,31-,36-,44-/m0/s1. The second kappa shape index (κ2) is 14.8. The molecule has 57 heavy (non-hydrogen) atoms. The normalized spacial score (nSPS) is 23.7. The molecule has 0 radical (unpaired) electrons. The number of hydrogen-bond acceptors (Lipinski definition) is 12. The molecule has 0 bridgehead atoms. The molecule has 4 atom stereocenters. The second-order valence-electron chi connectivity index (χ2n) is 17.3. The highest BCUT2D eigenvalue weighted by atomic mass is 28.4. The first-order valence-corrected chi connectivity index (χ1v) is 22.7. The van der Waals surface area contributed by atoms with E-state index in [9.17, 15) is 5.11 Å². The van der Waals surface area contributed by atoms with Gasteiger partial charge in [-0.3, -0.25) is 14.5 Å². The summed E-state index contributed by atoms with van der Waals surface area (Å²) in [5, 5.41) is 17.1. The summed E-state index contributed by atoms with van der Waals surface area (Å²) >= 11 is 0. The van der Waals surface area contributed by atoms with Gasteiger partial charge in [-0.1, -0.05) is 81.4 Å². The molecule has 1 saturated heterocycles. The van der Waals surface area contributed by atoms with E-state index in [1.165, 1.54) is 0 Å². The number of hydrogen-bond donors (Lipinski definition) is 1. The van der Waals surface area contributed by atoms with Crippen molar-refractivity contribution in [1.82, 2.24) is 15.0 Å². The van der Waals surface area contributed by atoms with Crippen LogP contribution < -0.4 is 14.4 Å². The molecule has 1 aliphatic heterocycles. The van der Waals surface area contributed by atoms with E-state index in [1.807, 2.05) is 79.7 Å². The second-order valence-corrected chi connectivity index (χ2v) is 22.0. The molecule has 0 saturated carbocycles. The van der Waals surface area contributed by atoms with Gasteiger partial charge in [-0.05, 0) is 53.2 Å². The molecule has 12 nitrogen and oxygen atoms in total. The number of aliphatic hydroxyl groups excluding tert-OH is 1. The minimum atomic E-state index is -2.90. The number of benzene rings is 2. The van der Waals surface area contributed by atoms with E-state index in [-0.39, 0.29) is 41.0 Å². The Morgan fingerprint density at radius 3 is 2.19 bits per heavy atom. The maximum absolute atomic E-state index is 15.7. The highest BCUT2D eigenvalue weighted by Gasteiger charge is 2.67. The van der Waals surface area contributed by atoms with Crippen LogP contribution in [0.5, 0.6) is 11.6 Å². The number of carbonyl (C=O) groups excluding carboxylic acids is 2. The van der Waals surface area contributed by atoms with Gasteiger partial charge in [0.25, 0.3) is 5.88 Å². The third kappa shape index (κ3) is 6.67. The summed E-state index contributed by atoms with van der Waals surface area (Å²) in [4.78, 5) is 39.9. The SMILES string of the molecule is CN(C)c1ncc(OCc2ccccc2)c2c1C[C@H]1C[C@H]3[C@H](N4CCOCC4)c4onc(OCc5ccccc5)c4C(=O)[C@@]3(O[Si](C)(C)C(C)(C)C)C(O)=C1C2=O. The Labute approximate surface area is 334 Å². The van der Waals surface area contributed by atoms with Crippen molar-refractivity contribution in [3.63, 3.8) is 0 Å². The fourth-order valence-corrected chi connectivity index (χ4v) is 10.2. The number of morpholine rings is 1. The lowest BCUT2D eigenvalue weighted by atomic mass is 9.58. The molecule has 300 valence electrons. The first-order chi connectivity index (χ1) is 27.2. The summed E-state index contributed by atoms with van der Waals surface area (Å²) in [6.45, 7) is 12.9. The Morgan fingerprint density at radius 1 is 0.947 bits per heavy atom. The van der Waals surface area contributed by atoms with Gasteiger partial charge in [0.05, 0.1) is 31.0 Å². The van der Waals surface area contributed by atoms with Gasteiger partial charge < -0.3 is 33.2 Å². The summed E-state index contributed by atoms with van der Waals surface area (Å²) in [5.41, 5.74) is 1.30. The summed E-state index contributed by atoms with van der Waals surface area (Å²) in [7, 11) is 0.899. The Balaban J connectivity index is 1.32. The van der Waals surface area contributed by atoms with Gasteiger partial charge in [-0.25, -0.2) is 4.98 Å². The predicted molar refractivity (Wildman–Crippen MR) is 216 cm³/mol. The number of ketones is 2. The van der Waals surface area contributed by atoms with Crippen molar-refractivity contribution in [3.05, 3.63) is 112 Å². The van der Waals surface area contributed by atoms with Crippen LogP contribution in [0.4, 0.5) is 5.82 Å². The van der Waals surface area contributed by atoms with Crippen LogP contribution >= 0.6 is 0 Å². The molecule has 0 unspecified atom stereocenters. The molecular weight excluding hydrogens is 741 g/mol. The van der Waals surface area contributed by atoms with E-state index in [2.05, 4.69) is 43.9 Å². The van der Waals surface area contributed by atoms with Crippen LogP contribution in [0.25, 0.3) is 0 Å². The van der Waals surface area contributed by atoms with E-state index in [0.717, 1.165) is 16.7 Å². The van der Waals surface area contributed by atoms with Gasteiger partial charge in [0.15, 0.2) is 25.5 Å². The van der Waals surface area contributed by atoms with Crippen LogP contribution in [0, 0.1) is 11.8 Å². The van der Waals surface area contributed by atoms with Crippen molar-refractivity contribution >= 4 is 25.7 Å². The van der Waals surface area contributed by atoms with Crippen molar-refractivity contribution < 1.29 is 37.9 Å². The number of rotatable bonds is 10. The van der Waals surface area contributed by atoms with E-state index < -0.39 is 43.4 Å². The molecule has 13 heteroatoms. The smallest absolute Gasteiger partial charge is 0.265 e. The third-order valence-corrected chi connectivity index (χ3v) is 17.0. The number of ether oxygens (including phenoxy) is 3. The summed E-state index contributed by atoms with van der Waals surface area (Å²) in [6.07, 6.45) is 2.34. The van der Waals surface area contributed by atoms with Crippen LogP contribution in [0.15, 0.2) is 82.7 Å². The molecule has 0 amide bonds. The fourth-order valence-electron chi connectivity index (χ4n) is 8.73. The van der Waals surface area contributed by atoms with Crippen molar-refractivity contribution in [1.29, 1.82) is 0 Å². The minimum absolute atomic E-state index is 0.0345. The maximum atomic E-state index is 15.7. The third-order valence-electron chi connectivity index (χ3n) is 12.6. The number of pyridine rings is 1. The molecule has 4 aliphatic rings. The Bertz CT molecular complexity index is 2190. The number of nitrogens with zero attached hydrogens (tertiary/aromatic N) is 4. The van der Waals surface area contributed by atoms with Crippen LogP contribution in [0.3, 0.4) is 0 Å². The molecule has 2 aromatic carbocycles. The highest BCUT2D eigenvalue weighted by Crippen LogP contribution is 2.60. The van der Waals surface area contributed by atoms with Gasteiger partial charge in [-0.15, -0.1) is 0 Å². The number of anilines is 1. The van der Waals surface area contributed by atoms with Gasteiger partial charge in [0.2, 0.25) is 5.78 Å². The maximum Gasteiger partial charge on any atom is 0.265 e. The monoisotopic (exact) mass is 792 g/mol. The van der Waals surface area contributed by atoms with E-state index in [4.69, 9.17) is 28.1 Å². The Kier molecular flexibility index (Phi) is 10.2. The fraction of sp³-hybridized carbons (Fsp3) is 0.455. The van der Waals surface area contributed by atoms with Crippen molar-refractivity contribution in [2.24, 2.45) is 11.8 Å². The van der Waals surface area contributed by atoms with Gasteiger partial charge >= 0.3 is 0 Å². The lowest BCUT2D eigenvalue weighted by Crippen LogP contribution is -2.65. The zero-order chi connectivity index (χ0) is 40.3. The van der Waals surface area contributed by atoms with Gasteiger partial charge in [0.1, 0.15) is 36.1 Å². The minimum Gasteiger partial charge on any atom is -0.508 e.